The molecule has 9 nitrogen and oxygen atoms in total. The van der Waals surface area contributed by atoms with Crippen molar-refractivity contribution >= 4 is 28.9 Å². The predicted octanol–water partition coefficient (Wildman–Crippen LogP) is 1.25. The molecule has 0 unspecified atom stereocenters. The van der Waals surface area contributed by atoms with Gasteiger partial charge in [-0.25, -0.2) is 15.0 Å². The molecule has 1 amide bonds. The fourth-order valence-corrected chi connectivity index (χ4v) is 2.55. The summed E-state index contributed by atoms with van der Waals surface area (Å²) < 4.78 is 6.68. The molecule has 0 aliphatic rings. The number of hydrogen-bond acceptors (Lipinski definition) is 7. The SMILES string of the molecule is CC(=O)OC[C@@H](CO)Cn1cnc2c(NC(=O)c3ccccc3)ncnc21. The van der Waals surface area contributed by atoms with Gasteiger partial charge in [-0.2, -0.15) is 0 Å². The van der Waals surface area contributed by atoms with E-state index in [1.54, 1.807) is 35.2 Å². The minimum absolute atomic E-state index is 0.0915. The lowest BCUT2D eigenvalue weighted by Gasteiger charge is -2.14. The molecule has 9 heteroatoms. The first kappa shape index (κ1) is 18.5. The van der Waals surface area contributed by atoms with E-state index in [1.165, 1.54) is 13.3 Å². The number of carbonyl (C=O) groups excluding carboxylic acids is 2. The van der Waals surface area contributed by atoms with Gasteiger partial charge in [0.15, 0.2) is 17.0 Å². The minimum Gasteiger partial charge on any atom is -0.465 e. The van der Waals surface area contributed by atoms with Gasteiger partial charge >= 0.3 is 5.97 Å². The maximum absolute atomic E-state index is 12.4. The summed E-state index contributed by atoms with van der Waals surface area (Å²) in [7, 11) is 0. The first-order chi connectivity index (χ1) is 13.1. The number of esters is 1. The van der Waals surface area contributed by atoms with Crippen LogP contribution in [0.1, 0.15) is 17.3 Å². The van der Waals surface area contributed by atoms with Crippen molar-refractivity contribution in [3.8, 4) is 0 Å². The van der Waals surface area contributed by atoms with Gasteiger partial charge in [0, 0.05) is 24.9 Å². The molecule has 140 valence electrons. The zero-order chi connectivity index (χ0) is 19.2. The Balaban J connectivity index is 1.80. The zero-order valence-corrected chi connectivity index (χ0v) is 14.7. The normalized spacial score (nSPS) is 11.9. The van der Waals surface area contributed by atoms with Gasteiger partial charge < -0.3 is 19.7 Å². The largest absolute Gasteiger partial charge is 0.465 e. The Morgan fingerprint density at radius 2 is 2.00 bits per heavy atom. The van der Waals surface area contributed by atoms with Crippen molar-refractivity contribution in [2.75, 3.05) is 18.5 Å². The average molecular weight is 369 g/mol. The average Bonchev–Trinajstić information content (AvgIpc) is 3.09. The third-order valence-electron chi connectivity index (χ3n) is 3.90. The summed E-state index contributed by atoms with van der Waals surface area (Å²) in [5.74, 6) is -0.706. The van der Waals surface area contributed by atoms with Gasteiger partial charge in [0.2, 0.25) is 0 Å². The summed E-state index contributed by atoms with van der Waals surface area (Å²) in [4.78, 5) is 35.9. The summed E-state index contributed by atoms with van der Waals surface area (Å²) in [5, 5.41) is 12.2. The highest BCUT2D eigenvalue weighted by Gasteiger charge is 2.16. The number of amides is 1. The summed E-state index contributed by atoms with van der Waals surface area (Å²) in [6.07, 6.45) is 2.88. The van der Waals surface area contributed by atoms with Crippen molar-refractivity contribution in [1.29, 1.82) is 0 Å². The van der Waals surface area contributed by atoms with Crippen LogP contribution in [0.3, 0.4) is 0 Å². The quantitative estimate of drug-likeness (QED) is 0.602. The molecule has 0 aliphatic heterocycles. The van der Waals surface area contributed by atoms with Gasteiger partial charge in [0.1, 0.15) is 6.33 Å². The van der Waals surface area contributed by atoms with Crippen LogP contribution in [0.25, 0.3) is 11.2 Å². The van der Waals surface area contributed by atoms with E-state index in [4.69, 9.17) is 4.74 Å². The fraction of sp³-hybridized carbons (Fsp3) is 0.278. The molecule has 3 rings (SSSR count). The predicted molar refractivity (Wildman–Crippen MR) is 96.9 cm³/mol. The van der Waals surface area contributed by atoms with Gasteiger partial charge in [0.25, 0.3) is 5.91 Å². The second-order valence-corrected chi connectivity index (χ2v) is 5.96. The number of nitrogens with zero attached hydrogens (tertiary/aromatic N) is 4. The van der Waals surface area contributed by atoms with E-state index >= 15 is 0 Å². The number of aromatic nitrogens is 4. The molecule has 3 aromatic rings. The van der Waals surface area contributed by atoms with E-state index in [0.29, 0.717) is 29.1 Å². The zero-order valence-electron chi connectivity index (χ0n) is 14.7. The Bertz CT molecular complexity index is 941. The number of imidazole rings is 1. The van der Waals surface area contributed by atoms with Gasteiger partial charge in [-0.15, -0.1) is 0 Å². The van der Waals surface area contributed by atoms with E-state index in [-0.39, 0.29) is 25.0 Å². The minimum atomic E-state index is -0.405. The van der Waals surface area contributed by atoms with Crippen LogP contribution >= 0.6 is 0 Å². The first-order valence-electron chi connectivity index (χ1n) is 8.35. The summed E-state index contributed by atoms with van der Waals surface area (Å²) in [6, 6.07) is 8.78. The molecular formula is C18H19N5O4. The summed E-state index contributed by atoms with van der Waals surface area (Å²) >= 11 is 0. The lowest BCUT2D eigenvalue weighted by atomic mass is 10.2. The molecule has 0 bridgehead atoms. The Hall–Kier alpha value is -3.33. The lowest BCUT2D eigenvalue weighted by Crippen LogP contribution is -2.21. The molecule has 1 aromatic carbocycles. The molecule has 0 spiro atoms. The monoisotopic (exact) mass is 369 g/mol. The maximum atomic E-state index is 12.4. The number of carbonyl (C=O) groups is 2. The number of rotatable bonds is 7. The van der Waals surface area contributed by atoms with Crippen LogP contribution in [0.2, 0.25) is 0 Å². The third-order valence-corrected chi connectivity index (χ3v) is 3.90. The van der Waals surface area contributed by atoms with Crippen molar-refractivity contribution in [3.05, 3.63) is 48.5 Å². The van der Waals surface area contributed by atoms with Gasteiger partial charge in [0.05, 0.1) is 19.5 Å². The van der Waals surface area contributed by atoms with E-state index < -0.39 is 5.97 Å². The van der Waals surface area contributed by atoms with Crippen LogP contribution in [0.4, 0.5) is 5.82 Å². The molecule has 0 fully saturated rings. The van der Waals surface area contributed by atoms with Gasteiger partial charge in [-0.05, 0) is 12.1 Å². The van der Waals surface area contributed by atoms with E-state index in [0.717, 1.165) is 0 Å². The number of aliphatic hydroxyl groups excluding tert-OH is 1. The second-order valence-electron chi connectivity index (χ2n) is 5.96. The van der Waals surface area contributed by atoms with Crippen LogP contribution in [-0.4, -0.2) is 49.7 Å². The van der Waals surface area contributed by atoms with Gasteiger partial charge in [-0.3, -0.25) is 9.59 Å². The van der Waals surface area contributed by atoms with Crippen molar-refractivity contribution in [2.24, 2.45) is 5.92 Å². The fourth-order valence-electron chi connectivity index (χ4n) is 2.55. The maximum Gasteiger partial charge on any atom is 0.302 e. The Kier molecular flexibility index (Phi) is 5.72. The second kappa shape index (κ2) is 8.37. The number of benzene rings is 1. The van der Waals surface area contributed by atoms with Crippen molar-refractivity contribution < 1.29 is 19.4 Å². The van der Waals surface area contributed by atoms with Crippen LogP contribution in [-0.2, 0) is 16.1 Å². The van der Waals surface area contributed by atoms with Crippen molar-refractivity contribution in [2.45, 2.75) is 13.5 Å². The van der Waals surface area contributed by atoms with E-state index in [2.05, 4.69) is 20.3 Å². The van der Waals surface area contributed by atoms with E-state index in [9.17, 15) is 14.7 Å². The number of ether oxygens (including phenoxy) is 1. The number of fused-ring (bicyclic) bond motifs is 1. The van der Waals surface area contributed by atoms with Crippen LogP contribution in [0.5, 0.6) is 0 Å². The van der Waals surface area contributed by atoms with Crippen LogP contribution in [0, 0.1) is 5.92 Å². The molecule has 2 heterocycles. The molecule has 0 aliphatic carbocycles. The Morgan fingerprint density at radius 1 is 1.22 bits per heavy atom. The van der Waals surface area contributed by atoms with Crippen LogP contribution in [0.15, 0.2) is 43.0 Å². The Labute approximate surface area is 155 Å². The van der Waals surface area contributed by atoms with Crippen LogP contribution < -0.4 is 5.32 Å². The Morgan fingerprint density at radius 3 is 2.70 bits per heavy atom. The van der Waals surface area contributed by atoms with Gasteiger partial charge in [-0.1, -0.05) is 18.2 Å². The highest BCUT2D eigenvalue weighted by Crippen LogP contribution is 2.19. The summed E-state index contributed by atoms with van der Waals surface area (Å²) in [5.41, 5.74) is 1.45. The molecule has 2 aromatic heterocycles. The lowest BCUT2D eigenvalue weighted by molar-refractivity contribution is -0.142. The molecular weight excluding hydrogens is 350 g/mol. The molecule has 0 radical (unpaired) electrons. The van der Waals surface area contributed by atoms with Crippen molar-refractivity contribution in [1.82, 2.24) is 19.5 Å². The van der Waals surface area contributed by atoms with E-state index in [1.807, 2.05) is 6.07 Å². The molecule has 0 saturated heterocycles. The number of hydrogen-bond donors (Lipinski definition) is 2. The topological polar surface area (TPSA) is 119 Å². The van der Waals surface area contributed by atoms with Crippen molar-refractivity contribution in [3.63, 3.8) is 0 Å². The number of anilines is 1. The molecule has 2 N–H and O–H groups in total. The highest BCUT2D eigenvalue weighted by atomic mass is 16.5. The summed E-state index contributed by atoms with van der Waals surface area (Å²) in [6.45, 7) is 1.60. The molecule has 0 saturated carbocycles. The first-order valence-corrected chi connectivity index (χ1v) is 8.35. The smallest absolute Gasteiger partial charge is 0.302 e. The standard InChI is InChI=1S/C18H19N5O4/c1-12(25)27-9-13(8-24)7-23-11-21-15-16(19-10-20-17(15)23)22-18(26)14-5-3-2-4-6-14/h2-6,10-11,13,24H,7-9H2,1H3,(H,19,20,22,26)/t13-/m1/s1. The molecule has 1 atom stereocenters. The number of aliphatic hydroxyl groups is 1. The number of nitrogens with one attached hydrogen (secondary N) is 1. The third kappa shape index (κ3) is 4.45. The highest BCUT2D eigenvalue weighted by molar-refractivity contribution is 6.06. The molecule has 27 heavy (non-hydrogen) atoms.